The first-order valence-electron chi connectivity index (χ1n) is 13.0. The van der Waals surface area contributed by atoms with Crippen molar-refractivity contribution in [2.45, 2.75) is 71.8 Å². The summed E-state index contributed by atoms with van der Waals surface area (Å²) >= 11 is 0. The molecule has 5 rings (SSSR count). The van der Waals surface area contributed by atoms with Crippen LogP contribution < -0.4 is 5.32 Å². The minimum absolute atomic E-state index is 0.404. The smallest absolute Gasteiger partial charge is 0.114 e. The number of piperidine rings is 2. The average molecular weight is 435 g/mol. The van der Waals surface area contributed by atoms with E-state index in [0.717, 1.165) is 25.6 Å². The van der Waals surface area contributed by atoms with Gasteiger partial charge in [0.25, 0.3) is 0 Å². The summed E-state index contributed by atoms with van der Waals surface area (Å²) in [5.74, 6) is 3.32. The lowest BCUT2D eigenvalue weighted by Gasteiger charge is -2.44. The zero-order valence-corrected chi connectivity index (χ0v) is 20.6. The van der Waals surface area contributed by atoms with E-state index in [4.69, 9.17) is 4.98 Å². The highest BCUT2D eigenvalue weighted by Crippen LogP contribution is 2.45. The van der Waals surface area contributed by atoms with Crippen LogP contribution in [-0.2, 0) is 0 Å². The van der Waals surface area contributed by atoms with Crippen molar-refractivity contribution < 1.29 is 0 Å². The molecule has 4 heteroatoms. The number of para-hydroxylation sites is 2. The molecule has 0 spiro atoms. The summed E-state index contributed by atoms with van der Waals surface area (Å²) in [5.41, 5.74) is 4.59. The van der Waals surface area contributed by atoms with Crippen LogP contribution in [-0.4, -0.2) is 47.2 Å². The molecule has 2 fully saturated rings. The van der Waals surface area contributed by atoms with Crippen LogP contribution >= 0.6 is 0 Å². The van der Waals surface area contributed by atoms with Gasteiger partial charge in [0.2, 0.25) is 0 Å². The van der Waals surface area contributed by atoms with E-state index in [-0.39, 0.29) is 0 Å². The predicted molar refractivity (Wildman–Crippen MR) is 134 cm³/mol. The zero-order chi connectivity index (χ0) is 22.3. The van der Waals surface area contributed by atoms with Crippen molar-refractivity contribution in [1.29, 1.82) is 0 Å². The molecule has 2 aliphatic heterocycles. The van der Waals surface area contributed by atoms with Crippen LogP contribution in [0.1, 0.15) is 77.6 Å². The van der Waals surface area contributed by atoms with Crippen LogP contribution in [0.2, 0.25) is 0 Å². The molecule has 32 heavy (non-hydrogen) atoms. The lowest BCUT2D eigenvalue weighted by molar-refractivity contribution is 0.131. The molecular weight excluding hydrogens is 392 g/mol. The molecule has 0 unspecified atom stereocenters. The normalized spacial score (nSPS) is 29.9. The number of likely N-dealkylation sites (tertiary alicyclic amines) is 1. The fraction of sp³-hybridized carbons (Fsp3) is 0.679. The summed E-state index contributed by atoms with van der Waals surface area (Å²) in [5, 5.41) is 3.61. The Kier molecular flexibility index (Phi) is 6.19. The molecule has 1 N–H and O–H groups in total. The summed E-state index contributed by atoms with van der Waals surface area (Å²) < 4.78 is 2.64. The number of allylic oxidation sites excluding steroid dienone is 1. The highest BCUT2D eigenvalue weighted by molar-refractivity contribution is 5.76. The minimum atomic E-state index is 0.404. The number of hydrogen-bond acceptors (Lipinski definition) is 3. The number of nitrogens with one attached hydrogen (secondary N) is 1. The average Bonchev–Trinajstić information content (AvgIpc) is 3.21. The van der Waals surface area contributed by atoms with E-state index >= 15 is 0 Å². The van der Waals surface area contributed by atoms with Crippen molar-refractivity contribution >= 4 is 11.0 Å². The molecule has 1 aliphatic carbocycles. The lowest BCUT2D eigenvalue weighted by Crippen LogP contribution is -2.41. The molecule has 174 valence electrons. The van der Waals surface area contributed by atoms with Crippen LogP contribution in [0.3, 0.4) is 0 Å². The van der Waals surface area contributed by atoms with Gasteiger partial charge in [-0.05, 0) is 68.0 Å². The molecule has 0 radical (unpaired) electrons. The number of fused-ring (bicyclic) bond motifs is 1. The Balaban J connectivity index is 1.31. The minimum Gasteiger partial charge on any atom is -0.324 e. The van der Waals surface area contributed by atoms with Crippen LogP contribution in [0.5, 0.6) is 0 Å². The van der Waals surface area contributed by atoms with Gasteiger partial charge in [-0.1, -0.05) is 51.5 Å². The monoisotopic (exact) mass is 434 g/mol. The number of nitrogens with zero attached hydrogens (tertiary/aromatic N) is 3. The van der Waals surface area contributed by atoms with Gasteiger partial charge in [-0.3, -0.25) is 4.90 Å². The van der Waals surface area contributed by atoms with Gasteiger partial charge in [0, 0.05) is 38.1 Å². The summed E-state index contributed by atoms with van der Waals surface area (Å²) in [6.45, 7) is 15.6. The third-order valence-corrected chi connectivity index (χ3v) is 9.29. The summed E-state index contributed by atoms with van der Waals surface area (Å²) in [4.78, 5) is 7.87. The first-order chi connectivity index (χ1) is 15.4. The van der Waals surface area contributed by atoms with Gasteiger partial charge in [0.05, 0.1) is 11.0 Å². The summed E-state index contributed by atoms with van der Waals surface area (Å²) in [6, 6.07) is 9.36. The van der Waals surface area contributed by atoms with E-state index in [0.29, 0.717) is 23.3 Å². The predicted octanol–water partition coefficient (Wildman–Crippen LogP) is 5.77. The van der Waals surface area contributed by atoms with Crippen LogP contribution in [0.25, 0.3) is 11.0 Å². The number of aromatic nitrogens is 2. The van der Waals surface area contributed by atoms with Gasteiger partial charge in [-0.15, -0.1) is 0 Å². The second-order valence-corrected chi connectivity index (χ2v) is 11.3. The van der Waals surface area contributed by atoms with Gasteiger partial charge in [-0.2, -0.15) is 0 Å². The maximum absolute atomic E-state index is 5.16. The molecule has 0 bridgehead atoms. The maximum atomic E-state index is 5.16. The van der Waals surface area contributed by atoms with Crippen LogP contribution in [0.4, 0.5) is 0 Å². The Bertz CT molecular complexity index is 957. The van der Waals surface area contributed by atoms with Crippen molar-refractivity contribution in [3.63, 3.8) is 0 Å². The molecule has 3 atom stereocenters. The Hall–Kier alpha value is -1.65. The Morgan fingerprint density at radius 2 is 1.88 bits per heavy atom. The number of imidazole rings is 1. The van der Waals surface area contributed by atoms with Gasteiger partial charge in [-0.25, -0.2) is 4.98 Å². The van der Waals surface area contributed by atoms with E-state index in [1.54, 1.807) is 5.57 Å². The third kappa shape index (κ3) is 4.05. The SMILES string of the molecule is C[C@@H]1CC=C(CN2CCC(n3c([C@@H]4CCCNC4)nc4ccccc43)CC2)[C@H](C)C1(C)C. The first-order valence-corrected chi connectivity index (χ1v) is 13.0. The number of hydrogen-bond donors (Lipinski definition) is 1. The molecule has 0 saturated carbocycles. The van der Waals surface area contributed by atoms with Crippen molar-refractivity contribution in [2.75, 3.05) is 32.7 Å². The van der Waals surface area contributed by atoms with Gasteiger partial charge in [0.15, 0.2) is 0 Å². The van der Waals surface area contributed by atoms with Crippen molar-refractivity contribution in [3.8, 4) is 0 Å². The van der Waals surface area contributed by atoms with E-state index in [2.05, 4.69) is 72.8 Å². The Labute approximate surface area is 194 Å². The number of rotatable bonds is 4. The third-order valence-electron chi connectivity index (χ3n) is 9.29. The van der Waals surface area contributed by atoms with Crippen molar-refractivity contribution in [3.05, 3.63) is 41.7 Å². The highest BCUT2D eigenvalue weighted by atomic mass is 15.2. The van der Waals surface area contributed by atoms with Gasteiger partial charge < -0.3 is 9.88 Å². The quantitative estimate of drug-likeness (QED) is 0.620. The fourth-order valence-electron chi connectivity index (χ4n) is 6.32. The molecule has 3 aliphatic rings. The standard InChI is InChI=1S/C28H42N4/c1-20-11-12-23(21(2)28(20,3)4)19-31-16-13-24(14-17-31)32-26-10-6-5-9-25(26)30-27(32)22-8-7-15-29-18-22/h5-6,9-10,12,20-22,24,29H,7-8,11,13-19H2,1-4H3/t20-,21+,22-/m1/s1. The van der Waals surface area contributed by atoms with E-state index < -0.39 is 0 Å². The van der Waals surface area contributed by atoms with E-state index in [1.807, 2.05) is 0 Å². The van der Waals surface area contributed by atoms with Crippen molar-refractivity contribution in [2.24, 2.45) is 17.3 Å². The number of benzene rings is 1. The summed E-state index contributed by atoms with van der Waals surface area (Å²) in [6.07, 6.45) is 8.78. The second-order valence-electron chi connectivity index (χ2n) is 11.3. The zero-order valence-electron chi connectivity index (χ0n) is 20.6. The highest BCUT2D eigenvalue weighted by Gasteiger charge is 2.37. The largest absolute Gasteiger partial charge is 0.324 e. The van der Waals surface area contributed by atoms with Gasteiger partial charge >= 0.3 is 0 Å². The molecule has 2 saturated heterocycles. The first kappa shape index (κ1) is 22.2. The molecule has 3 heterocycles. The van der Waals surface area contributed by atoms with Crippen LogP contribution in [0, 0.1) is 17.3 Å². The summed E-state index contributed by atoms with van der Waals surface area (Å²) in [7, 11) is 0. The second kappa shape index (κ2) is 8.95. The molecule has 0 amide bonds. The topological polar surface area (TPSA) is 33.1 Å². The Morgan fingerprint density at radius 1 is 1.09 bits per heavy atom. The Morgan fingerprint density at radius 3 is 2.62 bits per heavy atom. The lowest BCUT2D eigenvalue weighted by atomic mass is 9.63. The van der Waals surface area contributed by atoms with E-state index in [1.165, 1.54) is 62.1 Å². The fourth-order valence-corrected chi connectivity index (χ4v) is 6.32. The van der Waals surface area contributed by atoms with Crippen LogP contribution in [0.15, 0.2) is 35.9 Å². The van der Waals surface area contributed by atoms with E-state index in [9.17, 15) is 0 Å². The maximum Gasteiger partial charge on any atom is 0.114 e. The molecule has 1 aromatic carbocycles. The molecular formula is C28H42N4. The molecule has 1 aromatic heterocycles. The molecule has 4 nitrogen and oxygen atoms in total. The van der Waals surface area contributed by atoms with Gasteiger partial charge in [0.1, 0.15) is 5.82 Å². The molecule has 2 aromatic rings. The van der Waals surface area contributed by atoms with Crippen molar-refractivity contribution in [1.82, 2.24) is 19.8 Å².